The summed E-state index contributed by atoms with van der Waals surface area (Å²) in [5.74, 6) is 0.907. The van der Waals surface area contributed by atoms with Crippen LogP contribution in [0.4, 0.5) is 0 Å². The van der Waals surface area contributed by atoms with Crippen LogP contribution in [0.15, 0.2) is 0 Å². The van der Waals surface area contributed by atoms with Gasteiger partial charge in [-0.1, -0.05) is 39.5 Å². The second kappa shape index (κ2) is 6.24. The van der Waals surface area contributed by atoms with Gasteiger partial charge in [-0.15, -0.1) is 0 Å². The van der Waals surface area contributed by atoms with E-state index < -0.39 is 0 Å². The molecule has 0 aromatic carbocycles. The zero-order valence-corrected chi connectivity index (χ0v) is 10.6. The first-order valence-electron chi connectivity index (χ1n) is 6.41. The van der Waals surface area contributed by atoms with Crippen LogP contribution in [0.3, 0.4) is 0 Å². The molecule has 1 aliphatic rings. The first-order chi connectivity index (χ1) is 7.53. The topological polar surface area (TPSA) is 49.3 Å². The maximum Gasteiger partial charge on any atom is 0.220 e. The summed E-state index contributed by atoms with van der Waals surface area (Å²) >= 11 is 0. The molecule has 16 heavy (non-hydrogen) atoms. The summed E-state index contributed by atoms with van der Waals surface area (Å²) < 4.78 is 0. The number of aliphatic hydroxyl groups excluding tert-OH is 1. The molecule has 0 saturated heterocycles. The summed E-state index contributed by atoms with van der Waals surface area (Å²) in [7, 11) is 0. The van der Waals surface area contributed by atoms with Gasteiger partial charge in [-0.3, -0.25) is 4.79 Å². The highest BCUT2D eigenvalue weighted by molar-refractivity contribution is 5.75. The van der Waals surface area contributed by atoms with Crippen LogP contribution in [-0.4, -0.2) is 24.2 Å². The molecule has 1 amide bonds. The van der Waals surface area contributed by atoms with Crippen molar-refractivity contribution in [2.24, 2.45) is 11.3 Å². The lowest BCUT2D eigenvalue weighted by Crippen LogP contribution is -2.36. The second-order valence-electron chi connectivity index (χ2n) is 5.79. The standard InChI is InChI=1S/C13H25NO2/c1-13(2,10-15)9-14-12(16)8-7-11-5-3-4-6-11/h11,15H,3-10H2,1-2H3,(H,14,16). The third kappa shape index (κ3) is 4.97. The fourth-order valence-corrected chi connectivity index (χ4v) is 2.12. The smallest absolute Gasteiger partial charge is 0.220 e. The Labute approximate surface area is 98.6 Å². The Bertz CT molecular complexity index is 220. The molecule has 1 fully saturated rings. The number of hydrogen-bond acceptors (Lipinski definition) is 2. The molecule has 0 unspecified atom stereocenters. The normalized spacial score (nSPS) is 17.7. The number of nitrogens with one attached hydrogen (secondary N) is 1. The fourth-order valence-electron chi connectivity index (χ4n) is 2.12. The molecule has 3 heteroatoms. The zero-order valence-electron chi connectivity index (χ0n) is 10.6. The minimum Gasteiger partial charge on any atom is -0.396 e. The van der Waals surface area contributed by atoms with E-state index in [9.17, 15) is 4.79 Å². The molecule has 2 N–H and O–H groups in total. The summed E-state index contributed by atoms with van der Waals surface area (Å²) in [6, 6.07) is 0. The maximum atomic E-state index is 11.6. The average molecular weight is 227 g/mol. The number of hydrogen-bond donors (Lipinski definition) is 2. The van der Waals surface area contributed by atoms with Crippen molar-refractivity contribution in [3.05, 3.63) is 0 Å². The molecule has 0 radical (unpaired) electrons. The average Bonchev–Trinajstić information content (AvgIpc) is 2.76. The Hall–Kier alpha value is -0.570. The van der Waals surface area contributed by atoms with Crippen LogP contribution in [0.25, 0.3) is 0 Å². The summed E-state index contributed by atoms with van der Waals surface area (Å²) in [5.41, 5.74) is -0.205. The Kier molecular flexibility index (Phi) is 5.26. The van der Waals surface area contributed by atoms with Gasteiger partial charge in [0.05, 0.1) is 0 Å². The van der Waals surface area contributed by atoms with Gasteiger partial charge in [0.25, 0.3) is 0 Å². The van der Waals surface area contributed by atoms with Gasteiger partial charge in [0, 0.05) is 25.0 Å². The van der Waals surface area contributed by atoms with Crippen LogP contribution >= 0.6 is 0 Å². The molecule has 1 saturated carbocycles. The van der Waals surface area contributed by atoms with E-state index in [2.05, 4.69) is 5.32 Å². The zero-order chi connectivity index (χ0) is 12.0. The molecule has 1 rings (SSSR count). The van der Waals surface area contributed by atoms with Gasteiger partial charge in [0.15, 0.2) is 0 Å². The third-order valence-corrected chi connectivity index (χ3v) is 3.45. The molecule has 0 aromatic rings. The van der Waals surface area contributed by atoms with E-state index in [-0.39, 0.29) is 17.9 Å². The van der Waals surface area contributed by atoms with Gasteiger partial charge in [-0.05, 0) is 12.3 Å². The molecule has 0 aromatic heterocycles. The highest BCUT2D eigenvalue weighted by Crippen LogP contribution is 2.28. The van der Waals surface area contributed by atoms with E-state index in [4.69, 9.17) is 5.11 Å². The number of carbonyl (C=O) groups is 1. The number of carbonyl (C=O) groups excluding carboxylic acids is 1. The van der Waals surface area contributed by atoms with E-state index in [0.717, 1.165) is 12.3 Å². The van der Waals surface area contributed by atoms with Crippen LogP contribution in [0.2, 0.25) is 0 Å². The lowest BCUT2D eigenvalue weighted by molar-refractivity contribution is -0.121. The minimum atomic E-state index is -0.205. The molecule has 3 nitrogen and oxygen atoms in total. The van der Waals surface area contributed by atoms with E-state index >= 15 is 0 Å². The van der Waals surface area contributed by atoms with Gasteiger partial charge in [0.1, 0.15) is 0 Å². The van der Waals surface area contributed by atoms with E-state index in [0.29, 0.717) is 13.0 Å². The summed E-state index contributed by atoms with van der Waals surface area (Å²) in [5, 5.41) is 12.0. The Balaban J connectivity index is 2.10. The van der Waals surface area contributed by atoms with Crippen molar-refractivity contribution in [2.75, 3.05) is 13.2 Å². The molecule has 0 bridgehead atoms. The van der Waals surface area contributed by atoms with Crippen molar-refractivity contribution in [3.8, 4) is 0 Å². The van der Waals surface area contributed by atoms with Crippen molar-refractivity contribution in [2.45, 2.75) is 52.4 Å². The predicted octanol–water partition coefficient (Wildman–Crippen LogP) is 2.09. The molecular weight excluding hydrogens is 202 g/mol. The monoisotopic (exact) mass is 227 g/mol. The van der Waals surface area contributed by atoms with Crippen molar-refractivity contribution < 1.29 is 9.90 Å². The Morgan fingerprint density at radius 2 is 2.00 bits per heavy atom. The van der Waals surface area contributed by atoms with Crippen LogP contribution in [0.5, 0.6) is 0 Å². The van der Waals surface area contributed by atoms with Crippen molar-refractivity contribution in [1.29, 1.82) is 0 Å². The molecule has 0 atom stereocenters. The number of aliphatic hydroxyl groups is 1. The SMILES string of the molecule is CC(C)(CO)CNC(=O)CCC1CCCC1. The lowest BCUT2D eigenvalue weighted by atomic mass is 9.95. The lowest BCUT2D eigenvalue weighted by Gasteiger charge is -2.22. The summed E-state index contributed by atoms with van der Waals surface area (Å²) in [6.07, 6.45) is 6.95. The first kappa shape index (κ1) is 13.5. The van der Waals surface area contributed by atoms with E-state index in [1.165, 1.54) is 25.7 Å². The van der Waals surface area contributed by atoms with Gasteiger partial charge in [-0.25, -0.2) is 0 Å². The maximum absolute atomic E-state index is 11.6. The molecule has 1 aliphatic carbocycles. The second-order valence-corrected chi connectivity index (χ2v) is 5.79. The van der Waals surface area contributed by atoms with Crippen molar-refractivity contribution in [1.82, 2.24) is 5.32 Å². The summed E-state index contributed by atoms with van der Waals surface area (Å²) in [6.45, 7) is 4.57. The Morgan fingerprint density at radius 3 is 2.56 bits per heavy atom. The third-order valence-electron chi connectivity index (χ3n) is 3.45. The van der Waals surface area contributed by atoms with Gasteiger partial charge in [-0.2, -0.15) is 0 Å². The summed E-state index contributed by atoms with van der Waals surface area (Å²) in [4.78, 5) is 11.6. The predicted molar refractivity (Wildman–Crippen MR) is 65.1 cm³/mol. The fraction of sp³-hybridized carbons (Fsp3) is 0.923. The van der Waals surface area contributed by atoms with E-state index in [1.54, 1.807) is 0 Å². The first-order valence-corrected chi connectivity index (χ1v) is 6.41. The molecule has 94 valence electrons. The van der Waals surface area contributed by atoms with Crippen molar-refractivity contribution >= 4 is 5.91 Å². The molecule has 0 spiro atoms. The van der Waals surface area contributed by atoms with Gasteiger partial charge >= 0.3 is 0 Å². The van der Waals surface area contributed by atoms with Crippen LogP contribution in [-0.2, 0) is 4.79 Å². The number of amides is 1. The highest BCUT2D eigenvalue weighted by atomic mass is 16.3. The van der Waals surface area contributed by atoms with Crippen LogP contribution in [0.1, 0.15) is 52.4 Å². The quantitative estimate of drug-likeness (QED) is 0.730. The number of rotatable bonds is 6. The molecular formula is C13H25NO2. The van der Waals surface area contributed by atoms with Gasteiger partial charge < -0.3 is 10.4 Å². The molecule has 0 heterocycles. The minimum absolute atomic E-state index is 0.107. The van der Waals surface area contributed by atoms with Crippen molar-refractivity contribution in [3.63, 3.8) is 0 Å². The van der Waals surface area contributed by atoms with Crippen LogP contribution < -0.4 is 5.32 Å². The highest BCUT2D eigenvalue weighted by Gasteiger charge is 2.19. The largest absolute Gasteiger partial charge is 0.396 e. The molecule has 0 aliphatic heterocycles. The van der Waals surface area contributed by atoms with E-state index in [1.807, 2.05) is 13.8 Å². The van der Waals surface area contributed by atoms with Gasteiger partial charge in [0.2, 0.25) is 5.91 Å². The Morgan fingerprint density at radius 1 is 1.38 bits per heavy atom. The van der Waals surface area contributed by atoms with Crippen LogP contribution in [0, 0.1) is 11.3 Å².